The molecule has 2 unspecified atom stereocenters. The van der Waals surface area contributed by atoms with Crippen molar-refractivity contribution in [3.8, 4) is 0 Å². The van der Waals surface area contributed by atoms with E-state index in [1.165, 1.54) is 38.9 Å². The number of hydrogen-bond donors (Lipinski definition) is 1. The molecule has 0 amide bonds. The van der Waals surface area contributed by atoms with Crippen LogP contribution in [0.2, 0.25) is 0 Å². The Balaban J connectivity index is 2.28. The number of hydrogen-bond acceptors (Lipinski definition) is 2. The molecule has 1 saturated heterocycles. The first kappa shape index (κ1) is 15.0. The SMILES string of the molecule is CCCN1CCC(C(C)NC(C)C(C)C)CC1. The van der Waals surface area contributed by atoms with E-state index in [9.17, 15) is 0 Å². The van der Waals surface area contributed by atoms with E-state index in [1.54, 1.807) is 0 Å². The summed E-state index contributed by atoms with van der Waals surface area (Å²) < 4.78 is 0. The Bertz CT molecular complexity index is 195. The van der Waals surface area contributed by atoms with Gasteiger partial charge in [-0.2, -0.15) is 0 Å². The van der Waals surface area contributed by atoms with E-state index in [-0.39, 0.29) is 0 Å². The van der Waals surface area contributed by atoms with Gasteiger partial charge in [-0.15, -0.1) is 0 Å². The molecule has 17 heavy (non-hydrogen) atoms. The van der Waals surface area contributed by atoms with Gasteiger partial charge in [-0.25, -0.2) is 0 Å². The summed E-state index contributed by atoms with van der Waals surface area (Å²) in [5.74, 6) is 1.61. The van der Waals surface area contributed by atoms with Gasteiger partial charge in [0, 0.05) is 12.1 Å². The minimum absolute atomic E-state index is 0.638. The van der Waals surface area contributed by atoms with Crippen LogP contribution in [0.15, 0.2) is 0 Å². The van der Waals surface area contributed by atoms with Crippen molar-refractivity contribution in [3.05, 3.63) is 0 Å². The standard InChI is InChI=1S/C15H32N2/c1-6-9-17-10-7-15(8-11-17)14(5)16-13(4)12(2)3/h12-16H,6-11H2,1-5H3. The average molecular weight is 240 g/mol. The third kappa shape index (κ3) is 4.97. The smallest absolute Gasteiger partial charge is 0.00705 e. The summed E-state index contributed by atoms with van der Waals surface area (Å²) in [4.78, 5) is 2.62. The molecular weight excluding hydrogens is 208 g/mol. The second kappa shape index (κ2) is 7.38. The number of piperidine rings is 1. The van der Waals surface area contributed by atoms with E-state index in [0.717, 1.165) is 11.8 Å². The highest BCUT2D eigenvalue weighted by molar-refractivity contribution is 4.81. The lowest BCUT2D eigenvalue weighted by atomic mass is 9.89. The van der Waals surface area contributed by atoms with Gasteiger partial charge in [0.05, 0.1) is 0 Å². The molecule has 2 nitrogen and oxygen atoms in total. The van der Waals surface area contributed by atoms with E-state index in [1.807, 2.05) is 0 Å². The third-order valence-electron chi connectivity index (χ3n) is 4.40. The highest BCUT2D eigenvalue weighted by atomic mass is 15.1. The van der Waals surface area contributed by atoms with Crippen LogP contribution in [0.25, 0.3) is 0 Å². The van der Waals surface area contributed by atoms with Crippen molar-refractivity contribution >= 4 is 0 Å². The largest absolute Gasteiger partial charge is 0.311 e. The van der Waals surface area contributed by atoms with Gasteiger partial charge >= 0.3 is 0 Å². The molecule has 0 bridgehead atoms. The van der Waals surface area contributed by atoms with Crippen LogP contribution >= 0.6 is 0 Å². The molecule has 0 spiro atoms. The zero-order valence-corrected chi connectivity index (χ0v) is 12.5. The highest BCUT2D eigenvalue weighted by Crippen LogP contribution is 2.21. The van der Waals surface area contributed by atoms with Crippen LogP contribution in [0.4, 0.5) is 0 Å². The van der Waals surface area contributed by atoms with Crippen LogP contribution in [-0.4, -0.2) is 36.6 Å². The Morgan fingerprint density at radius 3 is 2.18 bits per heavy atom. The summed E-state index contributed by atoms with van der Waals surface area (Å²) in [6, 6.07) is 1.31. The van der Waals surface area contributed by atoms with Crippen molar-refractivity contribution < 1.29 is 0 Å². The minimum atomic E-state index is 0.638. The third-order valence-corrected chi connectivity index (χ3v) is 4.40. The number of nitrogens with zero attached hydrogens (tertiary/aromatic N) is 1. The summed E-state index contributed by atoms with van der Waals surface area (Å²) in [7, 11) is 0. The van der Waals surface area contributed by atoms with Crippen molar-refractivity contribution in [3.63, 3.8) is 0 Å². The lowest BCUT2D eigenvalue weighted by Crippen LogP contribution is -2.46. The molecule has 1 heterocycles. The van der Waals surface area contributed by atoms with E-state index < -0.39 is 0 Å². The van der Waals surface area contributed by atoms with Gasteiger partial charge in [0.25, 0.3) is 0 Å². The molecule has 2 heteroatoms. The van der Waals surface area contributed by atoms with Crippen LogP contribution in [0.5, 0.6) is 0 Å². The van der Waals surface area contributed by atoms with Crippen molar-refractivity contribution in [1.82, 2.24) is 10.2 Å². The highest BCUT2D eigenvalue weighted by Gasteiger charge is 2.24. The first-order chi connectivity index (χ1) is 8.04. The summed E-state index contributed by atoms with van der Waals surface area (Å²) in [6.07, 6.45) is 4.04. The maximum absolute atomic E-state index is 3.78. The topological polar surface area (TPSA) is 15.3 Å². The zero-order valence-electron chi connectivity index (χ0n) is 12.5. The fourth-order valence-electron chi connectivity index (χ4n) is 2.74. The Kier molecular flexibility index (Phi) is 6.50. The van der Waals surface area contributed by atoms with E-state index in [4.69, 9.17) is 0 Å². The van der Waals surface area contributed by atoms with E-state index >= 15 is 0 Å². The lowest BCUT2D eigenvalue weighted by molar-refractivity contribution is 0.156. The maximum atomic E-state index is 3.78. The molecule has 2 atom stereocenters. The van der Waals surface area contributed by atoms with Gasteiger partial charge in [-0.05, 0) is 64.6 Å². The van der Waals surface area contributed by atoms with Crippen molar-refractivity contribution in [2.24, 2.45) is 11.8 Å². The van der Waals surface area contributed by atoms with Crippen LogP contribution in [0.1, 0.15) is 53.9 Å². The number of rotatable bonds is 6. The quantitative estimate of drug-likeness (QED) is 0.767. The summed E-state index contributed by atoms with van der Waals surface area (Å²) in [5, 5.41) is 3.78. The molecule has 0 radical (unpaired) electrons. The Hall–Kier alpha value is -0.0800. The predicted molar refractivity (Wildman–Crippen MR) is 76.4 cm³/mol. The van der Waals surface area contributed by atoms with Crippen LogP contribution in [0, 0.1) is 11.8 Å². The molecule has 1 aliphatic heterocycles. The normalized spacial score (nSPS) is 22.9. The molecule has 0 saturated carbocycles. The maximum Gasteiger partial charge on any atom is 0.00705 e. The molecule has 1 fully saturated rings. The van der Waals surface area contributed by atoms with Crippen LogP contribution in [-0.2, 0) is 0 Å². The predicted octanol–water partition coefficient (Wildman–Crippen LogP) is 3.13. The average Bonchev–Trinajstić information content (AvgIpc) is 2.30. The van der Waals surface area contributed by atoms with Crippen LogP contribution < -0.4 is 5.32 Å². The molecule has 0 aromatic heterocycles. The Labute approximate surface area is 108 Å². The van der Waals surface area contributed by atoms with Gasteiger partial charge in [-0.3, -0.25) is 0 Å². The van der Waals surface area contributed by atoms with Gasteiger partial charge in [-0.1, -0.05) is 20.8 Å². The molecule has 0 aromatic rings. The van der Waals surface area contributed by atoms with Gasteiger partial charge < -0.3 is 10.2 Å². The Morgan fingerprint density at radius 1 is 1.12 bits per heavy atom. The van der Waals surface area contributed by atoms with E-state index in [0.29, 0.717) is 12.1 Å². The van der Waals surface area contributed by atoms with Crippen molar-refractivity contribution in [1.29, 1.82) is 0 Å². The minimum Gasteiger partial charge on any atom is -0.311 e. The Morgan fingerprint density at radius 2 is 1.71 bits per heavy atom. The molecule has 1 N–H and O–H groups in total. The van der Waals surface area contributed by atoms with Gasteiger partial charge in [0.15, 0.2) is 0 Å². The molecule has 102 valence electrons. The first-order valence-electron chi connectivity index (χ1n) is 7.53. The second-order valence-corrected chi connectivity index (χ2v) is 6.17. The van der Waals surface area contributed by atoms with Gasteiger partial charge in [0.2, 0.25) is 0 Å². The molecular formula is C15H32N2. The fraction of sp³-hybridized carbons (Fsp3) is 1.00. The molecule has 1 aliphatic rings. The number of likely N-dealkylation sites (tertiary alicyclic amines) is 1. The van der Waals surface area contributed by atoms with Gasteiger partial charge in [0.1, 0.15) is 0 Å². The van der Waals surface area contributed by atoms with Crippen LogP contribution in [0.3, 0.4) is 0 Å². The fourth-order valence-corrected chi connectivity index (χ4v) is 2.74. The molecule has 0 aliphatic carbocycles. The zero-order chi connectivity index (χ0) is 12.8. The summed E-state index contributed by atoms with van der Waals surface area (Å²) in [6.45, 7) is 15.5. The van der Waals surface area contributed by atoms with Crippen molar-refractivity contribution in [2.45, 2.75) is 66.0 Å². The second-order valence-electron chi connectivity index (χ2n) is 6.17. The van der Waals surface area contributed by atoms with Crippen molar-refractivity contribution in [2.75, 3.05) is 19.6 Å². The summed E-state index contributed by atoms with van der Waals surface area (Å²) >= 11 is 0. The monoisotopic (exact) mass is 240 g/mol. The first-order valence-corrected chi connectivity index (χ1v) is 7.53. The molecule has 0 aromatic carbocycles. The number of nitrogens with one attached hydrogen (secondary N) is 1. The molecule has 1 rings (SSSR count). The van der Waals surface area contributed by atoms with E-state index in [2.05, 4.69) is 44.8 Å². The summed E-state index contributed by atoms with van der Waals surface area (Å²) in [5.41, 5.74) is 0. The lowest BCUT2D eigenvalue weighted by Gasteiger charge is -2.36.